The number of imidazole rings is 1. The third-order valence-electron chi connectivity index (χ3n) is 4.76. The van der Waals surface area contributed by atoms with E-state index in [2.05, 4.69) is 9.71 Å². The molecule has 2 aliphatic rings. The zero-order chi connectivity index (χ0) is 16.0. The van der Waals surface area contributed by atoms with Crippen LogP contribution in [0.25, 0.3) is 0 Å². The molecule has 2 heterocycles. The number of sulfonamides is 1. The molecule has 1 aromatic carbocycles. The first-order valence-electron chi connectivity index (χ1n) is 7.85. The molecule has 1 aliphatic heterocycles. The van der Waals surface area contributed by atoms with Gasteiger partial charge in [0.1, 0.15) is 5.82 Å². The number of hydrogen-bond acceptors (Lipinski definition) is 3. The number of nitrogens with one attached hydrogen (secondary N) is 1. The molecule has 7 heteroatoms. The Kier molecular flexibility index (Phi) is 3.70. The first-order chi connectivity index (χ1) is 11.0. The van der Waals surface area contributed by atoms with Crippen LogP contribution in [0.5, 0.6) is 0 Å². The van der Waals surface area contributed by atoms with Gasteiger partial charge in [-0.1, -0.05) is 23.7 Å². The van der Waals surface area contributed by atoms with Gasteiger partial charge < -0.3 is 4.57 Å². The summed E-state index contributed by atoms with van der Waals surface area (Å²) in [5.74, 6) is 1.27. The zero-order valence-electron chi connectivity index (χ0n) is 12.6. The third-order valence-corrected chi connectivity index (χ3v) is 6.53. The number of hydrogen-bond donors (Lipinski definition) is 1. The third kappa shape index (κ3) is 2.79. The van der Waals surface area contributed by atoms with E-state index in [9.17, 15) is 8.42 Å². The highest BCUT2D eigenvalue weighted by molar-refractivity contribution is 7.89. The van der Waals surface area contributed by atoms with E-state index in [1.807, 2.05) is 28.8 Å². The summed E-state index contributed by atoms with van der Waals surface area (Å²) < 4.78 is 29.7. The molecule has 0 radical (unpaired) electrons. The maximum Gasteiger partial charge on any atom is 0.258 e. The smallest absolute Gasteiger partial charge is 0.258 e. The summed E-state index contributed by atoms with van der Waals surface area (Å²) >= 11 is 5.90. The van der Waals surface area contributed by atoms with Crippen molar-refractivity contribution in [3.8, 4) is 0 Å². The number of nitrogens with zero attached hydrogens (tertiary/aromatic N) is 2. The van der Waals surface area contributed by atoms with Crippen molar-refractivity contribution in [3.05, 3.63) is 46.9 Å². The number of aryl methyl sites for hydroxylation is 1. The molecule has 0 spiro atoms. The Bertz CT molecular complexity index is 824. The predicted molar refractivity (Wildman–Crippen MR) is 88.1 cm³/mol. The van der Waals surface area contributed by atoms with Crippen molar-refractivity contribution < 1.29 is 8.42 Å². The summed E-state index contributed by atoms with van der Waals surface area (Å²) in [6.07, 6.45) is 4.95. The van der Waals surface area contributed by atoms with Crippen molar-refractivity contribution in [2.75, 3.05) is 0 Å². The molecule has 1 aromatic heterocycles. The van der Waals surface area contributed by atoms with Crippen LogP contribution in [0.4, 0.5) is 0 Å². The van der Waals surface area contributed by atoms with E-state index in [0.29, 0.717) is 10.9 Å². The fourth-order valence-electron chi connectivity index (χ4n) is 3.45. The summed E-state index contributed by atoms with van der Waals surface area (Å²) in [6, 6.07) is 7.78. The van der Waals surface area contributed by atoms with Crippen molar-refractivity contribution in [1.29, 1.82) is 0 Å². The minimum absolute atomic E-state index is 0.00627. The van der Waals surface area contributed by atoms with Gasteiger partial charge >= 0.3 is 0 Å². The van der Waals surface area contributed by atoms with Crippen molar-refractivity contribution in [2.45, 2.75) is 49.2 Å². The Balaban J connectivity index is 1.42. The molecule has 5 nitrogen and oxygen atoms in total. The maximum absolute atomic E-state index is 12.6. The molecular formula is C16H18ClN3O2S. The van der Waals surface area contributed by atoms with E-state index in [-0.39, 0.29) is 6.04 Å². The fourth-order valence-corrected chi connectivity index (χ4v) is 5.00. The predicted octanol–water partition coefficient (Wildman–Crippen LogP) is 2.71. The zero-order valence-corrected chi connectivity index (χ0v) is 14.1. The number of aromatic nitrogens is 2. The molecular weight excluding hydrogens is 334 g/mol. The fraction of sp³-hybridized carbons (Fsp3) is 0.438. The van der Waals surface area contributed by atoms with E-state index < -0.39 is 10.0 Å². The Morgan fingerprint density at radius 2 is 1.96 bits per heavy atom. The van der Waals surface area contributed by atoms with Gasteiger partial charge in [-0.05, 0) is 42.9 Å². The molecule has 23 heavy (non-hydrogen) atoms. The summed E-state index contributed by atoms with van der Waals surface area (Å²) in [7, 11) is -3.49. The largest absolute Gasteiger partial charge is 0.318 e. The SMILES string of the molecule is O=S(=O)(NC1CC(c2ccc(Cl)cc2)C1)c1cnc2n1CCC2. The van der Waals surface area contributed by atoms with Crippen LogP contribution < -0.4 is 4.72 Å². The normalized spacial score (nSPS) is 23.5. The number of halogens is 1. The van der Waals surface area contributed by atoms with Crippen LogP contribution in [0.3, 0.4) is 0 Å². The molecule has 0 saturated heterocycles. The van der Waals surface area contributed by atoms with E-state index in [1.54, 1.807) is 0 Å². The van der Waals surface area contributed by atoms with Crippen LogP contribution >= 0.6 is 11.6 Å². The van der Waals surface area contributed by atoms with Crippen LogP contribution in [0.1, 0.15) is 36.6 Å². The number of rotatable bonds is 4. The lowest BCUT2D eigenvalue weighted by Gasteiger charge is -2.35. The van der Waals surface area contributed by atoms with E-state index >= 15 is 0 Å². The molecule has 4 rings (SSSR count). The summed E-state index contributed by atoms with van der Waals surface area (Å²) in [5, 5.41) is 1.03. The van der Waals surface area contributed by atoms with Gasteiger partial charge in [-0.15, -0.1) is 0 Å². The van der Waals surface area contributed by atoms with Crippen LogP contribution in [0, 0.1) is 0 Å². The average Bonchev–Trinajstić information content (AvgIpc) is 3.06. The second-order valence-corrected chi connectivity index (χ2v) is 8.40. The van der Waals surface area contributed by atoms with E-state index in [0.717, 1.165) is 43.1 Å². The van der Waals surface area contributed by atoms with Crippen LogP contribution in [-0.2, 0) is 23.0 Å². The Labute approximate surface area is 140 Å². The second kappa shape index (κ2) is 5.61. The molecule has 1 fully saturated rings. The van der Waals surface area contributed by atoms with Gasteiger partial charge in [0.15, 0.2) is 5.03 Å². The Morgan fingerprint density at radius 3 is 2.70 bits per heavy atom. The highest BCUT2D eigenvalue weighted by Crippen LogP contribution is 2.38. The number of benzene rings is 1. The van der Waals surface area contributed by atoms with E-state index in [4.69, 9.17) is 11.6 Å². The van der Waals surface area contributed by atoms with E-state index in [1.165, 1.54) is 11.8 Å². The maximum atomic E-state index is 12.6. The minimum Gasteiger partial charge on any atom is -0.318 e. The van der Waals surface area contributed by atoms with Gasteiger partial charge in [0, 0.05) is 24.0 Å². The van der Waals surface area contributed by atoms with Gasteiger partial charge in [0.2, 0.25) is 0 Å². The molecule has 0 bridgehead atoms. The molecule has 1 N–H and O–H groups in total. The lowest BCUT2D eigenvalue weighted by Crippen LogP contribution is -2.43. The van der Waals surface area contributed by atoms with Gasteiger partial charge in [0.05, 0.1) is 6.20 Å². The highest BCUT2D eigenvalue weighted by Gasteiger charge is 2.35. The molecule has 0 atom stereocenters. The van der Waals surface area contributed by atoms with Crippen molar-refractivity contribution in [2.24, 2.45) is 0 Å². The number of fused-ring (bicyclic) bond motifs is 1. The monoisotopic (exact) mass is 351 g/mol. The van der Waals surface area contributed by atoms with Crippen LogP contribution in [-0.4, -0.2) is 24.0 Å². The highest BCUT2D eigenvalue weighted by atomic mass is 35.5. The Morgan fingerprint density at radius 1 is 1.22 bits per heavy atom. The quantitative estimate of drug-likeness (QED) is 0.921. The van der Waals surface area contributed by atoms with Gasteiger partial charge in [0.25, 0.3) is 10.0 Å². The summed E-state index contributed by atoms with van der Waals surface area (Å²) in [5.41, 5.74) is 1.22. The summed E-state index contributed by atoms with van der Waals surface area (Å²) in [6.45, 7) is 0.740. The molecule has 2 aromatic rings. The van der Waals surface area contributed by atoms with Crippen molar-refractivity contribution in [1.82, 2.24) is 14.3 Å². The van der Waals surface area contributed by atoms with Crippen LogP contribution in [0.2, 0.25) is 5.02 Å². The average molecular weight is 352 g/mol. The Hall–Kier alpha value is -1.37. The van der Waals surface area contributed by atoms with Crippen LogP contribution in [0.15, 0.2) is 35.5 Å². The second-order valence-electron chi connectivity index (χ2n) is 6.31. The lowest BCUT2D eigenvalue weighted by molar-refractivity contribution is 0.325. The van der Waals surface area contributed by atoms with Crippen molar-refractivity contribution >= 4 is 21.6 Å². The van der Waals surface area contributed by atoms with Gasteiger partial charge in [-0.2, -0.15) is 0 Å². The standard InChI is InChI=1S/C16H18ClN3O2S/c17-13-5-3-11(4-6-13)12-8-14(9-12)19-23(21,22)16-10-18-15-2-1-7-20(15)16/h3-6,10,12,14,19H,1-2,7-9H2. The lowest BCUT2D eigenvalue weighted by atomic mass is 9.76. The van der Waals surface area contributed by atoms with Crippen molar-refractivity contribution in [3.63, 3.8) is 0 Å². The molecule has 0 unspecified atom stereocenters. The minimum atomic E-state index is -3.49. The molecule has 0 amide bonds. The first kappa shape index (κ1) is 15.2. The molecule has 1 aliphatic carbocycles. The molecule has 1 saturated carbocycles. The first-order valence-corrected chi connectivity index (χ1v) is 9.71. The topological polar surface area (TPSA) is 64.0 Å². The molecule has 122 valence electrons. The summed E-state index contributed by atoms with van der Waals surface area (Å²) in [4.78, 5) is 4.22. The van der Waals surface area contributed by atoms with Gasteiger partial charge in [-0.3, -0.25) is 0 Å². The van der Waals surface area contributed by atoms with Gasteiger partial charge in [-0.25, -0.2) is 18.1 Å².